The van der Waals surface area contributed by atoms with Gasteiger partial charge in [-0.2, -0.15) is 0 Å². The molecule has 0 radical (unpaired) electrons. The number of rotatable bonds is 12. The van der Waals surface area contributed by atoms with Crippen LogP contribution in [0, 0.1) is 23.7 Å². The first-order valence-electron chi connectivity index (χ1n) is 23.6. The van der Waals surface area contributed by atoms with Gasteiger partial charge in [-0.3, -0.25) is 9.59 Å². The van der Waals surface area contributed by atoms with Gasteiger partial charge in [-0.05, 0) is 92.0 Å². The number of aryl methyl sites for hydroxylation is 1. The lowest BCUT2D eigenvalue weighted by Crippen LogP contribution is -2.61. The van der Waals surface area contributed by atoms with Crippen LogP contribution < -0.4 is 0 Å². The van der Waals surface area contributed by atoms with Crippen molar-refractivity contribution in [1.82, 2.24) is 19.9 Å². The molecule has 18 atom stereocenters. The fourth-order valence-corrected chi connectivity index (χ4v) is 10.6. The van der Waals surface area contributed by atoms with Crippen LogP contribution in [-0.4, -0.2) is 164 Å². The summed E-state index contributed by atoms with van der Waals surface area (Å²) in [6.45, 7) is 18.1. The molecule has 65 heavy (non-hydrogen) atoms. The zero-order valence-corrected chi connectivity index (χ0v) is 40.5. The minimum Gasteiger partial charge on any atom is -0.459 e. The third kappa shape index (κ3) is 10.9. The lowest BCUT2D eigenvalue weighted by Gasteiger charge is -2.49. The number of fused-ring (bicyclic) bond motifs is 2. The Morgan fingerprint density at radius 1 is 0.969 bits per heavy atom. The molecule has 2 aromatic rings. The summed E-state index contributed by atoms with van der Waals surface area (Å²) in [6, 6.07) is 7.79. The van der Waals surface area contributed by atoms with Crippen molar-refractivity contribution >= 4 is 11.8 Å². The lowest BCUT2D eigenvalue weighted by atomic mass is 9.75. The van der Waals surface area contributed by atoms with Crippen LogP contribution in [0.3, 0.4) is 0 Å². The van der Waals surface area contributed by atoms with Gasteiger partial charge >= 0.3 is 5.97 Å². The summed E-state index contributed by atoms with van der Waals surface area (Å²) in [5.41, 5.74) is -1.29. The van der Waals surface area contributed by atoms with Gasteiger partial charge in [0, 0.05) is 50.3 Å². The number of carbonyl (C=O) groups excluding carboxylic acids is 2. The van der Waals surface area contributed by atoms with Crippen molar-refractivity contribution in [3.05, 3.63) is 41.7 Å². The van der Waals surface area contributed by atoms with Gasteiger partial charge in [0.25, 0.3) is 0 Å². The van der Waals surface area contributed by atoms with Crippen LogP contribution in [0.4, 0.5) is 0 Å². The van der Waals surface area contributed by atoms with E-state index in [9.17, 15) is 30.0 Å². The summed E-state index contributed by atoms with van der Waals surface area (Å²) in [6.07, 6.45) is -5.66. The molecule has 2 bridgehead atoms. The fraction of sp³-hybridized carbons (Fsp3) is 0.792. The molecule has 4 N–H and O–H groups in total. The second kappa shape index (κ2) is 20.7. The van der Waals surface area contributed by atoms with Crippen LogP contribution >= 0.6 is 0 Å². The molecule has 0 spiro atoms. The van der Waals surface area contributed by atoms with E-state index < -0.39 is 108 Å². The van der Waals surface area contributed by atoms with Gasteiger partial charge in [-0.25, -0.2) is 4.68 Å². The van der Waals surface area contributed by atoms with E-state index in [0.29, 0.717) is 19.4 Å². The third-order valence-electron chi connectivity index (χ3n) is 15.0. The average molecular weight is 917 g/mol. The van der Waals surface area contributed by atoms with Gasteiger partial charge in [-0.1, -0.05) is 45.0 Å². The number of likely N-dealkylation sites (N-methyl/N-ethyl adjacent to an activating group) is 1. The number of carbonyl (C=O) groups is 2. The minimum atomic E-state index is -1.98. The number of ketones is 1. The first-order chi connectivity index (χ1) is 30.6. The topological polar surface area (TPSA) is 214 Å². The van der Waals surface area contributed by atoms with Gasteiger partial charge in [0.15, 0.2) is 12.6 Å². The third-order valence-corrected chi connectivity index (χ3v) is 15.0. The summed E-state index contributed by atoms with van der Waals surface area (Å²) in [5, 5.41) is 55.4. The van der Waals surface area contributed by atoms with Crippen LogP contribution in [-0.2, 0) is 55.6 Å². The Hall–Kier alpha value is -2.94. The second-order valence-electron chi connectivity index (χ2n) is 20.0. The number of nitrogens with zero attached hydrogens (tertiary/aromatic N) is 4. The molecule has 0 aliphatic carbocycles. The number of methoxy groups -OCH3 is 1. The number of cyclic esters (lactones) is 1. The smallest absolute Gasteiger partial charge is 0.311 e. The molecular formula is C48H76N4O13. The van der Waals surface area contributed by atoms with Gasteiger partial charge in [0.2, 0.25) is 0 Å². The summed E-state index contributed by atoms with van der Waals surface area (Å²) >= 11 is 0. The molecule has 17 nitrogen and oxygen atoms in total. The molecule has 0 saturated carbocycles. The molecule has 1 aromatic heterocycles. The van der Waals surface area contributed by atoms with Crippen molar-refractivity contribution in [2.24, 2.45) is 23.7 Å². The van der Waals surface area contributed by atoms with Gasteiger partial charge in [0.05, 0.1) is 71.8 Å². The molecule has 5 heterocycles. The predicted octanol–water partition coefficient (Wildman–Crippen LogP) is 3.56. The molecule has 4 fully saturated rings. The highest BCUT2D eigenvalue weighted by Crippen LogP contribution is 2.44. The number of aromatic nitrogens is 3. The fourth-order valence-electron chi connectivity index (χ4n) is 10.6. The number of benzene rings is 1. The molecular weight excluding hydrogens is 841 g/mol. The number of hydrogen-bond acceptors (Lipinski definition) is 16. The largest absolute Gasteiger partial charge is 0.459 e. The van der Waals surface area contributed by atoms with Crippen LogP contribution in [0.2, 0.25) is 0 Å². The van der Waals surface area contributed by atoms with E-state index >= 15 is 0 Å². The Balaban J connectivity index is 1.31. The minimum absolute atomic E-state index is 0.00661. The van der Waals surface area contributed by atoms with Crippen molar-refractivity contribution in [3.8, 4) is 5.69 Å². The maximum absolute atomic E-state index is 14.4. The van der Waals surface area contributed by atoms with Gasteiger partial charge in [-0.15, -0.1) is 5.10 Å². The van der Waals surface area contributed by atoms with Gasteiger partial charge in [0.1, 0.15) is 29.7 Å². The predicted molar refractivity (Wildman–Crippen MR) is 238 cm³/mol. The van der Waals surface area contributed by atoms with Crippen molar-refractivity contribution in [3.63, 3.8) is 0 Å². The second-order valence-corrected chi connectivity index (χ2v) is 20.0. The number of hydrogen-bond donors (Lipinski definition) is 4. The number of aliphatic hydroxyl groups excluding tert-OH is 3. The van der Waals surface area contributed by atoms with Crippen LogP contribution in [0.15, 0.2) is 30.5 Å². The summed E-state index contributed by atoms with van der Waals surface area (Å²) in [5.74, 6) is -4.50. The highest BCUT2D eigenvalue weighted by molar-refractivity contribution is 5.84. The van der Waals surface area contributed by atoms with Gasteiger partial charge < -0.3 is 58.5 Å². The van der Waals surface area contributed by atoms with E-state index in [1.54, 1.807) is 39.3 Å². The Labute approximate surface area is 384 Å². The SMILES string of the molecule is CCc1cccc(-n2cc(CCN(C)[C@H]3C[C@@H](C)O[C@@H](O[C@@H]4[C@@H](C)[C@H](O[C@H]5C[C@@](C)(OC)[C@@H](O)[C@H](C)O5)[C@@H](C)C(=O)O[C@H](CC)[C@@](C)(O)[C@H](O)[C@@H](C)C(=O)[C@@H]5CO[C@]4(C)C5)[C@@H]3O)nn2)c1. The summed E-state index contributed by atoms with van der Waals surface area (Å²) in [7, 11) is 3.46. The molecule has 1 aromatic carbocycles. The van der Waals surface area contributed by atoms with Crippen molar-refractivity contribution in [2.45, 2.75) is 192 Å². The molecule has 0 unspecified atom stereocenters. The molecule has 4 saturated heterocycles. The lowest BCUT2D eigenvalue weighted by molar-refractivity contribution is -0.317. The van der Waals surface area contributed by atoms with E-state index in [1.807, 2.05) is 46.1 Å². The van der Waals surface area contributed by atoms with Crippen molar-refractivity contribution < 1.29 is 63.2 Å². The Kier molecular flexibility index (Phi) is 16.4. The van der Waals surface area contributed by atoms with E-state index in [0.717, 1.165) is 17.8 Å². The summed E-state index contributed by atoms with van der Waals surface area (Å²) in [4.78, 5) is 30.7. The number of Topliss-reactive ketones (excluding diaryl/α,β-unsaturated/α-hetero) is 1. The van der Waals surface area contributed by atoms with E-state index in [2.05, 4.69) is 34.3 Å². The number of esters is 1. The molecule has 17 heteroatoms. The number of aliphatic hydroxyl groups is 4. The Bertz CT molecular complexity index is 1920. The first-order valence-corrected chi connectivity index (χ1v) is 23.6. The van der Waals surface area contributed by atoms with Crippen molar-refractivity contribution in [2.75, 3.05) is 27.3 Å². The monoisotopic (exact) mass is 917 g/mol. The molecule has 0 amide bonds. The standard InChI is InChI=1S/C48H76N4O13/c1-13-31-16-15-17-34(21-31)52-24-33(49-50-52)18-19-51(11)35-20-26(3)61-45(39(35)54)65-43-28(5)40(64-37-23-46(8,59-12)42(56)30(7)62-37)29(6)44(57)63-36(14-2)48(10,58)41(55)27(4)38(53)32-22-47(43,9)60-25-32/h15-17,21,24,26-30,32,35-37,39-43,45,54-56,58H,13-14,18-20,22-23,25H2,1-12H3/t26-,27+,28+,29-,30+,32+,35+,36-,37+,39-,40+,41-,42+,43-,45+,46-,47-,48-/m1/s1. The Morgan fingerprint density at radius 2 is 1.69 bits per heavy atom. The normalized spacial score (nSPS) is 42.2. The zero-order valence-electron chi connectivity index (χ0n) is 40.5. The van der Waals surface area contributed by atoms with Crippen LogP contribution in [0.25, 0.3) is 5.69 Å². The van der Waals surface area contributed by atoms with E-state index in [4.69, 9.17) is 33.2 Å². The van der Waals surface area contributed by atoms with Crippen LogP contribution in [0.5, 0.6) is 0 Å². The Morgan fingerprint density at radius 3 is 2.37 bits per heavy atom. The molecule has 366 valence electrons. The first kappa shape index (κ1) is 51.5. The highest BCUT2D eigenvalue weighted by Gasteiger charge is 2.56. The zero-order chi connectivity index (χ0) is 47.8. The van der Waals surface area contributed by atoms with E-state index in [1.165, 1.54) is 19.6 Å². The van der Waals surface area contributed by atoms with Crippen LogP contribution in [0.1, 0.15) is 106 Å². The van der Waals surface area contributed by atoms with Crippen molar-refractivity contribution in [1.29, 1.82) is 0 Å². The van der Waals surface area contributed by atoms with E-state index in [-0.39, 0.29) is 37.8 Å². The molecule has 4 aliphatic rings. The summed E-state index contributed by atoms with van der Waals surface area (Å²) < 4.78 is 46.7. The maximum Gasteiger partial charge on any atom is 0.311 e. The quantitative estimate of drug-likeness (QED) is 0.224. The number of ether oxygens (including phenoxy) is 7. The average Bonchev–Trinajstić information content (AvgIpc) is 3.94. The molecule has 4 aliphatic heterocycles. The molecule has 6 rings (SSSR count). The highest BCUT2D eigenvalue weighted by atomic mass is 16.7. The maximum atomic E-state index is 14.4.